The third kappa shape index (κ3) is 4.36. The molecule has 0 aromatic heterocycles. The van der Waals surface area contributed by atoms with Gasteiger partial charge in [0.2, 0.25) is 0 Å². The van der Waals surface area contributed by atoms with Crippen LogP contribution in [0.15, 0.2) is 48.5 Å². The molecule has 2 aromatic rings. The molecular weight excluding hydrogens is 312 g/mol. The molecule has 0 radical (unpaired) electrons. The zero-order chi connectivity index (χ0) is 18.6. The number of ketones is 2. The highest BCUT2D eigenvalue weighted by atomic mass is 16.5. The van der Waals surface area contributed by atoms with Gasteiger partial charge in [-0.05, 0) is 47.7 Å². The second kappa shape index (κ2) is 7.64. The van der Waals surface area contributed by atoms with Crippen molar-refractivity contribution in [1.82, 2.24) is 0 Å². The number of rotatable bonds is 6. The van der Waals surface area contributed by atoms with Crippen LogP contribution in [-0.2, 0) is 5.41 Å². The minimum absolute atomic E-state index is 0.0437. The minimum Gasteiger partial charge on any atom is -0.497 e. The summed E-state index contributed by atoms with van der Waals surface area (Å²) in [4.78, 5) is 25.8. The molecule has 0 spiro atoms. The molecule has 0 heterocycles. The van der Waals surface area contributed by atoms with Crippen molar-refractivity contribution < 1.29 is 14.3 Å². The molecule has 0 N–H and O–H groups in total. The average molecular weight is 338 g/mol. The number of carbonyl (C=O) groups is 2. The van der Waals surface area contributed by atoms with Crippen molar-refractivity contribution in [2.45, 2.75) is 39.5 Å². The van der Waals surface area contributed by atoms with E-state index in [0.29, 0.717) is 23.3 Å². The predicted octanol–water partition coefficient (Wildman–Crippen LogP) is 5.08. The molecule has 2 aromatic carbocycles. The number of methoxy groups -OCH3 is 1. The Hall–Kier alpha value is -2.42. The van der Waals surface area contributed by atoms with Crippen molar-refractivity contribution in [3.63, 3.8) is 0 Å². The van der Waals surface area contributed by atoms with Gasteiger partial charge in [-0.1, -0.05) is 45.9 Å². The Bertz CT molecular complexity index is 752. The van der Waals surface area contributed by atoms with Gasteiger partial charge in [-0.25, -0.2) is 0 Å². The molecule has 25 heavy (non-hydrogen) atoms. The normalized spacial score (nSPS) is 12.5. The van der Waals surface area contributed by atoms with Gasteiger partial charge in [-0.2, -0.15) is 0 Å². The molecule has 1 atom stereocenters. The fourth-order valence-electron chi connectivity index (χ4n) is 2.79. The van der Waals surface area contributed by atoms with Crippen LogP contribution in [0.25, 0.3) is 0 Å². The van der Waals surface area contributed by atoms with Gasteiger partial charge >= 0.3 is 0 Å². The molecule has 0 saturated carbocycles. The molecule has 132 valence electrons. The van der Waals surface area contributed by atoms with Crippen LogP contribution in [0.2, 0.25) is 0 Å². The van der Waals surface area contributed by atoms with E-state index in [1.807, 2.05) is 25.1 Å². The van der Waals surface area contributed by atoms with E-state index in [1.54, 1.807) is 37.4 Å². The fraction of sp³-hybridized carbons (Fsp3) is 0.364. The third-order valence-electron chi connectivity index (χ3n) is 4.43. The molecule has 0 fully saturated rings. The summed E-state index contributed by atoms with van der Waals surface area (Å²) in [7, 11) is 1.58. The molecule has 0 saturated heterocycles. The first-order valence-electron chi connectivity index (χ1n) is 8.61. The summed E-state index contributed by atoms with van der Waals surface area (Å²) < 4.78 is 5.12. The highest BCUT2D eigenvalue weighted by Gasteiger charge is 2.27. The molecule has 1 unspecified atom stereocenters. The van der Waals surface area contributed by atoms with Gasteiger partial charge in [0.15, 0.2) is 11.6 Å². The number of benzene rings is 2. The maximum absolute atomic E-state index is 12.9. The van der Waals surface area contributed by atoms with E-state index in [1.165, 1.54) is 0 Å². The van der Waals surface area contributed by atoms with E-state index in [2.05, 4.69) is 20.8 Å². The van der Waals surface area contributed by atoms with Crippen LogP contribution in [0.4, 0.5) is 0 Å². The Kier molecular flexibility index (Phi) is 5.78. The standard InChI is InChI=1S/C22H26O3/c1-6-19(20(23)15-10-12-18(25-5)13-11-15)21(24)16-8-7-9-17(14-16)22(2,3)4/h7-14,19H,6H2,1-5H3. The summed E-state index contributed by atoms with van der Waals surface area (Å²) >= 11 is 0. The topological polar surface area (TPSA) is 43.4 Å². The average Bonchev–Trinajstić information content (AvgIpc) is 2.61. The molecule has 3 heteroatoms. The highest BCUT2D eigenvalue weighted by Crippen LogP contribution is 2.25. The van der Waals surface area contributed by atoms with Crippen molar-refractivity contribution in [3.8, 4) is 5.75 Å². The van der Waals surface area contributed by atoms with Crippen LogP contribution in [0.3, 0.4) is 0 Å². The molecular formula is C22H26O3. The van der Waals surface area contributed by atoms with Gasteiger partial charge in [0, 0.05) is 11.1 Å². The quantitative estimate of drug-likeness (QED) is 0.544. The molecule has 0 bridgehead atoms. The van der Waals surface area contributed by atoms with Gasteiger partial charge in [-0.3, -0.25) is 9.59 Å². The lowest BCUT2D eigenvalue weighted by molar-refractivity contribution is 0.0803. The summed E-state index contributed by atoms with van der Waals surface area (Å²) in [6.45, 7) is 8.20. The second-order valence-electron chi connectivity index (χ2n) is 7.25. The smallest absolute Gasteiger partial charge is 0.173 e. The Balaban J connectivity index is 2.30. The van der Waals surface area contributed by atoms with E-state index >= 15 is 0 Å². The molecule has 0 aliphatic heterocycles. The number of Topliss-reactive ketones (excluding diaryl/α,β-unsaturated/α-hetero) is 2. The van der Waals surface area contributed by atoms with Gasteiger partial charge < -0.3 is 4.74 Å². The van der Waals surface area contributed by atoms with Crippen LogP contribution in [0.5, 0.6) is 5.75 Å². The lowest BCUT2D eigenvalue weighted by atomic mass is 9.83. The Morgan fingerprint density at radius 1 is 0.960 bits per heavy atom. The van der Waals surface area contributed by atoms with Gasteiger partial charge in [0.25, 0.3) is 0 Å². The van der Waals surface area contributed by atoms with E-state index < -0.39 is 5.92 Å². The van der Waals surface area contributed by atoms with Crippen LogP contribution in [0, 0.1) is 5.92 Å². The lowest BCUT2D eigenvalue weighted by Gasteiger charge is -2.20. The van der Waals surface area contributed by atoms with Crippen molar-refractivity contribution in [2.24, 2.45) is 5.92 Å². The zero-order valence-corrected chi connectivity index (χ0v) is 15.6. The van der Waals surface area contributed by atoms with Gasteiger partial charge in [0.1, 0.15) is 5.75 Å². The monoisotopic (exact) mass is 338 g/mol. The molecule has 3 nitrogen and oxygen atoms in total. The van der Waals surface area contributed by atoms with Crippen LogP contribution < -0.4 is 4.74 Å². The highest BCUT2D eigenvalue weighted by molar-refractivity contribution is 6.16. The summed E-state index contributed by atoms with van der Waals surface area (Å²) in [6.07, 6.45) is 0.476. The first-order valence-corrected chi connectivity index (χ1v) is 8.61. The number of hydrogen-bond donors (Lipinski definition) is 0. The van der Waals surface area contributed by atoms with Crippen LogP contribution in [-0.4, -0.2) is 18.7 Å². The Labute approximate surface area is 150 Å². The van der Waals surface area contributed by atoms with E-state index in [4.69, 9.17) is 4.74 Å². The van der Waals surface area contributed by atoms with E-state index in [0.717, 1.165) is 5.56 Å². The second-order valence-corrected chi connectivity index (χ2v) is 7.25. The first kappa shape index (κ1) is 18.9. The molecule has 0 aliphatic carbocycles. The number of hydrogen-bond acceptors (Lipinski definition) is 3. The summed E-state index contributed by atoms with van der Waals surface area (Å²) in [6, 6.07) is 14.5. The predicted molar refractivity (Wildman–Crippen MR) is 101 cm³/mol. The van der Waals surface area contributed by atoms with Crippen LogP contribution in [0.1, 0.15) is 60.4 Å². The van der Waals surface area contributed by atoms with Crippen molar-refractivity contribution in [1.29, 1.82) is 0 Å². The Morgan fingerprint density at radius 3 is 2.08 bits per heavy atom. The Morgan fingerprint density at radius 2 is 1.56 bits per heavy atom. The summed E-state index contributed by atoms with van der Waals surface area (Å²) in [5.41, 5.74) is 2.18. The largest absolute Gasteiger partial charge is 0.497 e. The van der Waals surface area contributed by atoms with Gasteiger partial charge in [0.05, 0.1) is 13.0 Å². The van der Waals surface area contributed by atoms with Gasteiger partial charge in [-0.15, -0.1) is 0 Å². The third-order valence-corrected chi connectivity index (χ3v) is 4.43. The number of ether oxygens (including phenoxy) is 1. The van der Waals surface area contributed by atoms with Crippen LogP contribution >= 0.6 is 0 Å². The summed E-state index contributed by atoms with van der Waals surface area (Å²) in [5.74, 6) is -0.233. The van der Waals surface area contributed by atoms with E-state index in [9.17, 15) is 9.59 Å². The maximum atomic E-state index is 12.9. The summed E-state index contributed by atoms with van der Waals surface area (Å²) in [5, 5.41) is 0. The van der Waals surface area contributed by atoms with Crippen molar-refractivity contribution >= 4 is 11.6 Å². The first-order chi connectivity index (χ1) is 11.8. The van der Waals surface area contributed by atoms with Crippen molar-refractivity contribution in [3.05, 3.63) is 65.2 Å². The van der Waals surface area contributed by atoms with E-state index in [-0.39, 0.29) is 17.0 Å². The molecule has 0 aliphatic rings. The SMILES string of the molecule is CCC(C(=O)c1ccc(OC)cc1)C(=O)c1cccc(C(C)(C)C)c1. The van der Waals surface area contributed by atoms with Crippen molar-refractivity contribution in [2.75, 3.05) is 7.11 Å². The maximum Gasteiger partial charge on any atom is 0.173 e. The number of carbonyl (C=O) groups excluding carboxylic acids is 2. The molecule has 0 amide bonds. The fourth-order valence-corrected chi connectivity index (χ4v) is 2.79. The zero-order valence-electron chi connectivity index (χ0n) is 15.6. The lowest BCUT2D eigenvalue weighted by Crippen LogP contribution is -2.24. The minimum atomic E-state index is -0.663. The molecule has 2 rings (SSSR count).